The monoisotopic (exact) mass is 271 g/mol. The van der Waals surface area contributed by atoms with Crippen molar-refractivity contribution in [3.8, 4) is 6.07 Å². The SMILES string of the molecule is [N]c1nc([N])c(C#N)c(N2C3C4CCC(C4)C32)c1Cl. The molecule has 1 aromatic heterocycles. The fourth-order valence-electron chi connectivity index (χ4n) is 4.12. The highest BCUT2D eigenvalue weighted by atomic mass is 35.5. The van der Waals surface area contributed by atoms with Crippen molar-refractivity contribution in [1.29, 1.82) is 5.26 Å². The Balaban J connectivity index is 1.83. The molecule has 0 amide bonds. The second kappa shape index (κ2) is 3.45. The van der Waals surface area contributed by atoms with Crippen molar-refractivity contribution >= 4 is 28.9 Å². The summed E-state index contributed by atoms with van der Waals surface area (Å²) in [6, 6.07) is 2.78. The first kappa shape index (κ1) is 11.2. The topological polar surface area (TPSA) is 84.3 Å². The molecule has 1 saturated heterocycles. The Morgan fingerprint density at radius 1 is 1.16 bits per heavy atom. The molecule has 6 heteroatoms. The number of pyridine rings is 1. The fraction of sp³-hybridized carbons (Fsp3) is 0.538. The smallest absolute Gasteiger partial charge is 0.197 e. The van der Waals surface area contributed by atoms with Gasteiger partial charge in [0.1, 0.15) is 16.7 Å². The highest BCUT2D eigenvalue weighted by Gasteiger charge is 2.64. The van der Waals surface area contributed by atoms with Gasteiger partial charge in [0.15, 0.2) is 11.6 Å². The van der Waals surface area contributed by atoms with E-state index in [9.17, 15) is 16.7 Å². The van der Waals surface area contributed by atoms with Gasteiger partial charge in [-0.2, -0.15) is 5.26 Å². The number of anilines is 1. The van der Waals surface area contributed by atoms with Crippen molar-refractivity contribution in [3.05, 3.63) is 10.6 Å². The van der Waals surface area contributed by atoms with Crippen LogP contribution in [0.5, 0.6) is 0 Å². The maximum absolute atomic E-state index is 9.71. The zero-order valence-corrected chi connectivity index (χ0v) is 10.8. The van der Waals surface area contributed by atoms with E-state index in [-0.39, 0.29) is 10.6 Å². The van der Waals surface area contributed by atoms with Crippen LogP contribution in [0.4, 0.5) is 17.3 Å². The average Bonchev–Trinajstić information content (AvgIpc) is 2.79. The summed E-state index contributed by atoms with van der Waals surface area (Å²) in [6.07, 6.45) is 3.71. The fourth-order valence-corrected chi connectivity index (χ4v) is 4.36. The van der Waals surface area contributed by atoms with E-state index in [1.165, 1.54) is 19.3 Å². The maximum Gasteiger partial charge on any atom is 0.197 e. The third-order valence-corrected chi connectivity index (χ3v) is 5.18. The first-order valence-electron chi connectivity index (χ1n) is 6.43. The third kappa shape index (κ3) is 1.27. The van der Waals surface area contributed by atoms with E-state index in [2.05, 4.69) is 9.88 Å². The van der Waals surface area contributed by atoms with Crippen LogP contribution in [-0.2, 0) is 0 Å². The molecular weight excluding hydrogens is 262 g/mol. The summed E-state index contributed by atoms with van der Waals surface area (Å²) in [5.41, 5.74) is 19.9. The number of piperidine rings is 1. The molecule has 4 atom stereocenters. The lowest BCUT2D eigenvalue weighted by atomic mass is 10.0. The molecule has 0 spiro atoms. The van der Waals surface area contributed by atoms with E-state index < -0.39 is 11.6 Å². The molecule has 0 aromatic carbocycles. The van der Waals surface area contributed by atoms with Crippen LogP contribution in [0.2, 0.25) is 5.02 Å². The van der Waals surface area contributed by atoms with Crippen LogP contribution in [0.3, 0.4) is 0 Å². The summed E-state index contributed by atoms with van der Waals surface area (Å²) in [5, 5.41) is 9.26. The minimum Gasteiger partial charge on any atom is -0.358 e. The van der Waals surface area contributed by atoms with Crippen LogP contribution in [-0.4, -0.2) is 17.1 Å². The Bertz CT molecular complexity index is 606. The summed E-state index contributed by atoms with van der Waals surface area (Å²) in [5.74, 6) is 0.465. The molecule has 3 aliphatic rings. The Kier molecular flexibility index (Phi) is 2.03. The van der Waals surface area contributed by atoms with Crippen LogP contribution < -0.4 is 16.4 Å². The van der Waals surface area contributed by atoms with Gasteiger partial charge in [-0.05, 0) is 31.1 Å². The lowest BCUT2D eigenvalue weighted by molar-refractivity contribution is 0.546. The van der Waals surface area contributed by atoms with Gasteiger partial charge in [-0.3, -0.25) is 0 Å². The second-order valence-electron chi connectivity index (χ2n) is 5.63. The molecule has 1 aliphatic heterocycles. The predicted octanol–water partition coefficient (Wildman–Crippen LogP) is 1.99. The summed E-state index contributed by atoms with van der Waals surface area (Å²) < 4.78 is 0. The predicted molar refractivity (Wildman–Crippen MR) is 68.4 cm³/mol. The van der Waals surface area contributed by atoms with Gasteiger partial charge in [0.2, 0.25) is 0 Å². The van der Waals surface area contributed by atoms with Gasteiger partial charge in [0.05, 0.1) is 17.8 Å². The molecule has 4 unspecified atom stereocenters. The highest BCUT2D eigenvalue weighted by Crippen LogP contribution is 2.61. The summed E-state index contributed by atoms with van der Waals surface area (Å²) >= 11 is 6.10. The average molecular weight is 272 g/mol. The second-order valence-corrected chi connectivity index (χ2v) is 6.01. The normalized spacial score (nSPS) is 34.2. The molecule has 4 rings (SSSR count). The number of aromatic nitrogens is 1. The van der Waals surface area contributed by atoms with E-state index >= 15 is 0 Å². The van der Waals surface area contributed by atoms with Gasteiger partial charge >= 0.3 is 0 Å². The zero-order chi connectivity index (χ0) is 13.3. The van der Waals surface area contributed by atoms with Crippen molar-refractivity contribution in [2.45, 2.75) is 31.3 Å². The van der Waals surface area contributed by atoms with Crippen molar-refractivity contribution in [1.82, 2.24) is 16.5 Å². The highest BCUT2D eigenvalue weighted by molar-refractivity contribution is 6.36. The number of rotatable bonds is 1. The molecule has 0 N–H and O–H groups in total. The molecule has 2 aliphatic carbocycles. The van der Waals surface area contributed by atoms with E-state index in [1.54, 1.807) is 0 Å². The lowest BCUT2D eigenvalue weighted by Gasteiger charge is -2.16. The number of hydrogen-bond donors (Lipinski definition) is 0. The summed E-state index contributed by atoms with van der Waals surface area (Å²) in [7, 11) is 0. The van der Waals surface area contributed by atoms with E-state index in [0.29, 0.717) is 29.6 Å². The van der Waals surface area contributed by atoms with Crippen LogP contribution >= 0.6 is 11.6 Å². The molecule has 2 bridgehead atoms. The number of hydrogen-bond acceptors (Lipinski definition) is 3. The van der Waals surface area contributed by atoms with Gasteiger partial charge in [0.25, 0.3) is 0 Å². The zero-order valence-electron chi connectivity index (χ0n) is 10.0. The molecule has 2 saturated carbocycles. The van der Waals surface area contributed by atoms with Crippen LogP contribution in [0.15, 0.2) is 0 Å². The minimum absolute atomic E-state index is 0.0663. The van der Waals surface area contributed by atoms with Gasteiger partial charge in [-0.15, -0.1) is 11.5 Å². The molecule has 3 fully saturated rings. The minimum atomic E-state index is -0.447. The van der Waals surface area contributed by atoms with Gasteiger partial charge in [-0.1, -0.05) is 11.6 Å². The summed E-state index contributed by atoms with van der Waals surface area (Å²) in [6.45, 7) is 0. The Morgan fingerprint density at radius 3 is 2.37 bits per heavy atom. The van der Waals surface area contributed by atoms with E-state index in [1.807, 2.05) is 6.07 Å². The number of fused-ring (bicyclic) bond motifs is 5. The number of nitriles is 1. The van der Waals surface area contributed by atoms with Crippen molar-refractivity contribution in [2.75, 3.05) is 4.90 Å². The molecule has 4 radical (unpaired) electrons. The van der Waals surface area contributed by atoms with Crippen molar-refractivity contribution in [3.63, 3.8) is 0 Å². The first-order valence-corrected chi connectivity index (χ1v) is 6.81. The lowest BCUT2D eigenvalue weighted by Crippen LogP contribution is -2.13. The Labute approximate surface area is 116 Å². The standard InChI is InChI=1S/C13H10ClN5/c14-8-11(7(4-15)12(16)18-13(8)17)19-9-5-1-2-6(3-5)10(9)19/h5-6,9-10H,1-3H2. The third-order valence-electron chi connectivity index (χ3n) is 4.83. The van der Waals surface area contributed by atoms with Crippen LogP contribution in [0.1, 0.15) is 24.8 Å². The largest absolute Gasteiger partial charge is 0.358 e. The summed E-state index contributed by atoms with van der Waals surface area (Å²) in [4.78, 5) is 5.58. The maximum atomic E-state index is 9.71. The van der Waals surface area contributed by atoms with Crippen LogP contribution in [0.25, 0.3) is 0 Å². The van der Waals surface area contributed by atoms with E-state index in [0.717, 1.165) is 0 Å². The Morgan fingerprint density at radius 2 is 1.79 bits per heavy atom. The quantitative estimate of drug-likeness (QED) is 0.732. The number of halogens is 1. The van der Waals surface area contributed by atoms with Crippen molar-refractivity contribution < 1.29 is 0 Å². The van der Waals surface area contributed by atoms with Crippen LogP contribution in [0, 0.1) is 23.2 Å². The van der Waals surface area contributed by atoms with Gasteiger partial charge < -0.3 is 4.90 Å². The van der Waals surface area contributed by atoms with Gasteiger partial charge in [-0.25, -0.2) is 4.98 Å². The molecule has 1 aromatic rings. The molecule has 19 heavy (non-hydrogen) atoms. The molecule has 2 heterocycles. The van der Waals surface area contributed by atoms with Gasteiger partial charge in [0, 0.05) is 0 Å². The Hall–Kier alpha value is -1.67. The molecule has 5 nitrogen and oxygen atoms in total. The molecule has 94 valence electrons. The number of nitrogens with zero attached hydrogens (tertiary/aromatic N) is 5. The van der Waals surface area contributed by atoms with Crippen molar-refractivity contribution in [2.24, 2.45) is 11.8 Å². The van der Waals surface area contributed by atoms with E-state index in [4.69, 9.17) is 11.6 Å². The molecular formula is C13H10ClN5. The first-order chi connectivity index (χ1) is 9.13.